The van der Waals surface area contributed by atoms with Crippen molar-refractivity contribution in [3.63, 3.8) is 0 Å². The van der Waals surface area contributed by atoms with E-state index in [0.717, 1.165) is 89.9 Å². The topological polar surface area (TPSA) is 69.6 Å². The molecule has 0 saturated carbocycles. The lowest BCUT2D eigenvalue weighted by atomic mass is 10.0. The predicted molar refractivity (Wildman–Crippen MR) is 368 cm³/mol. The van der Waals surface area contributed by atoms with Crippen molar-refractivity contribution in [2.45, 2.75) is 347 Å². The molecule has 0 bridgehead atoms. The van der Waals surface area contributed by atoms with Gasteiger partial charge >= 0.3 is 0 Å². The molecule has 2 atom stereocenters. The van der Waals surface area contributed by atoms with Crippen molar-refractivity contribution in [1.29, 1.82) is 0 Å². The Labute approximate surface area is 511 Å². The first-order chi connectivity index (χ1) is 40.7. The monoisotopic (exact) mass is 1130 g/mol. The molecule has 470 valence electrons. The van der Waals surface area contributed by atoms with Gasteiger partial charge in [-0.1, -0.05) is 366 Å². The molecular formula is C78H135NO3. The molecule has 3 N–H and O–H groups in total. The van der Waals surface area contributed by atoms with Crippen molar-refractivity contribution in [2.24, 2.45) is 0 Å². The highest BCUT2D eigenvalue weighted by Gasteiger charge is 2.18. The number of rotatable bonds is 64. The van der Waals surface area contributed by atoms with E-state index in [9.17, 15) is 15.0 Å². The van der Waals surface area contributed by atoms with Gasteiger partial charge in [0, 0.05) is 6.42 Å². The SMILES string of the molecule is CC/C=C\C/C=C\C/C=C\C/C=C\C/C=C\C/C=C\C/C=C\C/C=C\C/C=C\C/C=C\CCCCCCCCCCCCC(=O)NC(CO)C(O)/C=C/CCCCCCCCCCCCCCCCCCCCCCCCCCCCC. The molecule has 0 fully saturated rings. The van der Waals surface area contributed by atoms with Crippen LogP contribution in [0.15, 0.2) is 134 Å². The van der Waals surface area contributed by atoms with Crippen molar-refractivity contribution in [3.8, 4) is 0 Å². The number of carbonyl (C=O) groups excluding carboxylic acids is 1. The molecule has 0 rings (SSSR count). The molecule has 4 heteroatoms. The first kappa shape index (κ1) is 78.5. The molecular weight excluding hydrogens is 999 g/mol. The lowest BCUT2D eigenvalue weighted by molar-refractivity contribution is -0.123. The average molecular weight is 1130 g/mol. The summed E-state index contributed by atoms with van der Waals surface area (Å²) in [5.41, 5.74) is 0. The molecule has 0 aliphatic rings. The van der Waals surface area contributed by atoms with Crippen LogP contribution in [0.3, 0.4) is 0 Å². The molecule has 0 aliphatic heterocycles. The van der Waals surface area contributed by atoms with E-state index in [2.05, 4.69) is 141 Å². The fourth-order valence-corrected chi connectivity index (χ4v) is 10.3. The van der Waals surface area contributed by atoms with Gasteiger partial charge in [0.15, 0.2) is 0 Å². The minimum atomic E-state index is -0.851. The normalized spacial score (nSPS) is 13.6. The Morgan fingerprint density at radius 2 is 0.537 bits per heavy atom. The molecule has 2 unspecified atom stereocenters. The maximum atomic E-state index is 12.5. The second-order valence-electron chi connectivity index (χ2n) is 23.6. The number of aliphatic hydroxyl groups is 2. The molecule has 82 heavy (non-hydrogen) atoms. The van der Waals surface area contributed by atoms with E-state index in [1.165, 1.54) is 225 Å². The summed E-state index contributed by atoms with van der Waals surface area (Å²) >= 11 is 0. The smallest absolute Gasteiger partial charge is 0.220 e. The third kappa shape index (κ3) is 67.3. The number of unbranched alkanes of at least 4 members (excludes halogenated alkanes) is 37. The number of nitrogens with one attached hydrogen (secondary N) is 1. The first-order valence-electron chi connectivity index (χ1n) is 35.4. The molecule has 0 aromatic rings. The summed E-state index contributed by atoms with van der Waals surface area (Å²) in [6.07, 6.45) is 111. The van der Waals surface area contributed by atoms with Gasteiger partial charge in [0.05, 0.1) is 18.8 Å². The zero-order valence-corrected chi connectivity index (χ0v) is 54.2. The molecule has 0 spiro atoms. The summed E-state index contributed by atoms with van der Waals surface area (Å²) in [5, 5.41) is 23.3. The summed E-state index contributed by atoms with van der Waals surface area (Å²) in [5.74, 6) is -0.0698. The second-order valence-corrected chi connectivity index (χ2v) is 23.6. The Hall–Kier alpha value is -3.47. The highest BCUT2D eigenvalue weighted by Crippen LogP contribution is 2.18. The lowest BCUT2D eigenvalue weighted by Crippen LogP contribution is -2.45. The molecule has 0 saturated heterocycles. The largest absolute Gasteiger partial charge is 0.394 e. The second kappa shape index (κ2) is 71.8. The quantitative estimate of drug-likeness (QED) is 0.0420. The third-order valence-electron chi connectivity index (χ3n) is 15.6. The van der Waals surface area contributed by atoms with Gasteiger partial charge in [0.25, 0.3) is 0 Å². The van der Waals surface area contributed by atoms with Gasteiger partial charge in [-0.3, -0.25) is 4.79 Å². The van der Waals surface area contributed by atoms with E-state index in [1.807, 2.05) is 6.08 Å². The highest BCUT2D eigenvalue weighted by atomic mass is 16.3. The van der Waals surface area contributed by atoms with Gasteiger partial charge in [-0.25, -0.2) is 0 Å². The van der Waals surface area contributed by atoms with Gasteiger partial charge < -0.3 is 15.5 Å². The van der Waals surface area contributed by atoms with Crippen LogP contribution in [0.5, 0.6) is 0 Å². The van der Waals surface area contributed by atoms with Crippen LogP contribution in [0.25, 0.3) is 0 Å². The number of hydrogen-bond donors (Lipinski definition) is 3. The number of allylic oxidation sites excluding steroid dienone is 21. The zero-order chi connectivity index (χ0) is 59.1. The van der Waals surface area contributed by atoms with E-state index in [-0.39, 0.29) is 12.5 Å². The van der Waals surface area contributed by atoms with Crippen molar-refractivity contribution in [1.82, 2.24) is 5.32 Å². The number of amides is 1. The van der Waals surface area contributed by atoms with Crippen LogP contribution in [0.2, 0.25) is 0 Å². The molecule has 1 amide bonds. The minimum absolute atomic E-state index is 0.0698. The average Bonchev–Trinajstić information content (AvgIpc) is 3.50. The Morgan fingerprint density at radius 3 is 0.805 bits per heavy atom. The van der Waals surface area contributed by atoms with Crippen LogP contribution in [0.1, 0.15) is 335 Å². The Morgan fingerprint density at radius 1 is 0.305 bits per heavy atom. The van der Waals surface area contributed by atoms with E-state index >= 15 is 0 Å². The fourth-order valence-electron chi connectivity index (χ4n) is 10.3. The Kier molecular flexibility index (Phi) is 68.8. The fraction of sp³-hybridized carbons (Fsp3) is 0.705. The molecule has 4 nitrogen and oxygen atoms in total. The summed E-state index contributed by atoms with van der Waals surface area (Å²) in [6.45, 7) is 4.22. The highest BCUT2D eigenvalue weighted by molar-refractivity contribution is 5.76. The lowest BCUT2D eigenvalue weighted by Gasteiger charge is -2.20. The maximum Gasteiger partial charge on any atom is 0.220 e. The number of aliphatic hydroxyl groups excluding tert-OH is 2. The molecule has 0 radical (unpaired) electrons. The first-order valence-corrected chi connectivity index (χ1v) is 35.4. The van der Waals surface area contributed by atoms with Crippen LogP contribution < -0.4 is 5.32 Å². The zero-order valence-electron chi connectivity index (χ0n) is 54.2. The predicted octanol–water partition coefficient (Wildman–Crippen LogP) is 24.5. The van der Waals surface area contributed by atoms with Crippen molar-refractivity contribution in [3.05, 3.63) is 134 Å². The Balaban J connectivity index is 3.56. The summed E-state index contributed by atoms with van der Waals surface area (Å²) < 4.78 is 0. The van der Waals surface area contributed by atoms with E-state index in [1.54, 1.807) is 6.08 Å². The van der Waals surface area contributed by atoms with Crippen molar-refractivity contribution >= 4 is 5.91 Å². The van der Waals surface area contributed by atoms with Crippen LogP contribution in [0, 0.1) is 0 Å². The van der Waals surface area contributed by atoms with Gasteiger partial charge in [-0.05, 0) is 96.3 Å². The minimum Gasteiger partial charge on any atom is -0.394 e. The molecule has 0 aromatic heterocycles. The number of carbonyl (C=O) groups is 1. The van der Waals surface area contributed by atoms with Gasteiger partial charge in [0.1, 0.15) is 0 Å². The molecule has 0 aliphatic carbocycles. The maximum absolute atomic E-state index is 12.5. The standard InChI is InChI=1S/C78H135NO3/c1-3-5-7-9-11-13-15-17-19-21-23-25-27-29-31-33-34-35-36-37-38-39-40-41-42-43-44-46-48-50-52-54-56-58-60-62-64-66-68-70-72-74-78(82)79-76(75-80)77(81)73-71-69-67-65-63-61-59-57-55-53-51-49-47-45-32-30-28-26-24-22-20-18-16-14-12-10-8-6-4-2/h5,7,11,13,17,19,23,25,29,31,34-35,37-38,40-41,43-44,48,50,71,73,76-77,80-81H,3-4,6,8-10,12,14-16,18,20-22,24,26-28,30,32-33,36,39,42,45-47,49,51-70,72,74-75H2,1-2H3,(H,79,82)/b7-5-,13-11-,19-17-,25-23-,31-29-,35-34-,38-37-,41-40-,44-43-,50-48-,73-71+. The third-order valence-corrected chi connectivity index (χ3v) is 15.6. The molecule has 0 aromatic carbocycles. The van der Waals surface area contributed by atoms with Crippen LogP contribution in [0.4, 0.5) is 0 Å². The van der Waals surface area contributed by atoms with Crippen molar-refractivity contribution in [2.75, 3.05) is 6.61 Å². The van der Waals surface area contributed by atoms with Gasteiger partial charge in [-0.15, -0.1) is 0 Å². The van der Waals surface area contributed by atoms with Crippen LogP contribution in [-0.2, 0) is 4.79 Å². The van der Waals surface area contributed by atoms with E-state index in [4.69, 9.17) is 0 Å². The molecule has 0 heterocycles. The number of hydrogen-bond acceptors (Lipinski definition) is 3. The van der Waals surface area contributed by atoms with E-state index < -0.39 is 12.1 Å². The van der Waals surface area contributed by atoms with Crippen LogP contribution >= 0.6 is 0 Å². The summed E-state index contributed by atoms with van der Waals surface area (Å²) in [6, 6.07) is -0.635. The summed E-state index contributed by atoms with van der Waals surface area (Å²) in [7, 11) is 0. The summed E-state index contributed by atoms with van der Waals surface area (Å²) in [4.78, 5) is 12.5. The van der Waals surface area contributed by atoms with Crippen LogP contribution in [-0.4, -0.2) is 34.9 Å². The van der Waals surface area contributed by atoms with Gasteiger partial charge in [-0.2, -0.15) is 0 Å². The van der Waals surface area contributed by atoms with E-state index in [0.29, 0.717) is 6.42 Å². The van der Waals surface area contributed by atoms with Crippen molar-refractivity contribution < 1.29 is 15.0 Å². The Bertz CT molecular complexity index is 1620. The van der Waals surface area contributed by atoms with Gasteiger partial charge in [0.2, 0.25) is 5.91 Å².